The van der Waals surface area contributed by atoms with E-state index in [0.717, 1.165) is 6.07 Å². The van der Waals surface area contributed by atoms with Crippen LogP contribution in [-0.2, 0) is 15.6 Å². The Labute approximate surface area is 229 Å². The van der Waals surface area contributed by atoms with E-state index in [9.17, 15) is 27.3 Å². The van der Waals surface area contributed by atoms with Crippen molar-refractivity contribution in [2.45, 2.75) is 36.5 Å². The fourth-order valence-corrected chi connectivity index (χ4v) is 5.19. The van der Waals surface area contributed by atoms with Gasteiger partial charge in [-0.25, -0.2) is 18.4 Å². The van der Waals surface area contributed by atoms with Crippen molar-refractivity contribution in [1.82, 2.24) is 20.2 Å². The quantitative estimate of drug-likeness (QED) is 0.288. The van der Waals surface area contributed by atoms with Crippen molar-refractivity contribution in [3.05, 3.63) is 52.0 Å². The van der Waals surface area contributed by atoms with Gasteiger partial charge in [0.2, 0.25) is 17.5 Å². The molecule has 0 aromatic carbocycles. The number of nitrogens with zero attached hydrogens (tertiary/aromatic N) is 6. The lowest BCUT2D eigenvalue weighted by Crippen LogP contribution is -2.51. The average molecular weight is 582 g/mol. The molecule has 1 saturated heterocycles. The number of ether oxygens (including phenoxy) is 1. The molecular formula is C23H29F2N9O5S. The van der Waals surface area contributed by atoms with Crippen LogP contribution in [0.2, 0.25) is 0 Å². The Kier molecular flexibility index (Phi) is 8.18. The van der Waals surface area contributed by atoms with Crippen LogP contribution in [0.4, 0.5) is 26.0 Å². The summed E-state index contributed by atoms with van der Waals surface area (Å²) in [6.07, 6.45) is 3.98. The molecule has 0 radical (unpaired) electrons. The molecule has 17 heteroatoms. The van der Waals surface area contributed by atoms with E-state index in [2.05, 4.69) is 30.3 Å². The number of allylic oxidation sites excluding steroid dienone is 1. The molecule has 0 aliphatic carbocycles. The third-order valence-electron chi connectivity index (χ3n) is 6.33. The topological polar surface area (TPSA) is 181 Å². The Hall–Kier alpha value is -3.96. The smallest absolute Gasteiger partial charge is 0.388 e. The lowest BCUT2D eigenvalue weighted by atomic mass is 10.1. The zero-order valence-corrected chi connectivity index (χ0v) is 22.7. The lowest BCUT2D eigenvalue weighted by Gasteiger charge is -2.35. The minimum Gasteiger partial charge on any atom is -0.416 e. The first-order chi connectivity index (χ1) is 18.8. The first-order valence-corrected chi connectivity index (χ1v) is 13.7. The molecule has 2 aliphatic heterocycles. The van der Waals surface area contributed by atoms with Crippen molar-refractivity contribution >= 4 is 33.2 Å². The van der Waals surface area contributed by atoms with Crippen LogP contribution < -0.4 is 26.0 Å². The van der Waals surface area contributed by atoms with Crippen molar-refractivity contribution < 1.29 is 26.9 Å². The number of aliphatic imine (C=N–C) groups is 1. The van der Waals surface area contributed by atoms with Gasteiger partial charge in [0.05, 0.1) is 21.4 Å². The third kappa shape index (κ3) is 5.95. The number of rotatable bonds is 9. The molecule has 0 amide bonds. The van der Waals surface area contributed by atoms with Crippen LogP contribution in [0, 0.1) is 10.1 Å². The molecule has 1 unspecified atom stereocenters. The normalized spacial score (nSPS) is 19.9. The number of hydrogen-bond donors (Lipinski definition) is 3. The van der Waals surface area contributed by atoms with Gasteiger partial charge in [0, 0.05) is 44.7 Å². The number of likely N-dealkylation sites (N-methyl/N-ethyl adjacent to an activating group) is 1. The fraction of sp³-hybridized carbons (Fsp3) is 0.435. The van der Waals surface area contributed by atoms with Crippen LogP contribution >= 0.6 is 0 Å². The largest absolute Gasteiger partial charge is 0.416 e. The van der Waals surface area contributed by atoms with Crippen molar-refractivity contribution in [2.75, 3.05) is 43.4 Å². The number of hydrogen-bond acceptors (Lipinski definition) is 13. The Bertz CT molecular complexity index is 1450. The van der Waals surface area contributed by atoms with Gasteiger partial charge in [-0.2, -0.15) is 13.8 Å². The van der Waals surface area contributed by atoms with Gasteiger partial charge >= 0.3 is 12.3 Å². The second kappa shape index (κ2) is 11.3. The zero-order chi connectivity index (χ0) is 29.2. The van der Waals surface area contributed by atoms with Crippen molar-refractivity contribution in [2.24, 2.45) is 10.7 Å². The molecule has 2 aromatic rings. The van der Waals surface area contributed by atoms with Gasteiger partial charge in [-0.05, 0) is 39.1 Å². The summed E-state index contributed by atoms with van der Waals surface area (Å²) in [6.45, 7) is 1.65. The Balaban J connectivity index is 1.73. The summed E-state index contributed by atoms with van der Waals surface area (Å²) in [7, 11) is -1.89. The number of aromatic nitrogens is 2. The average Bonchev–Trinajstić information content (AvgIpc) is 2.88. The Morgan fingerprint density at radius 3 is 2.60 bits per heavy atom. The molecule has 1 fully saturated rings. The number of nitrogens with one attached hydrogen (secondary N) is 2. The Morgan fingerprint density at radius 2 is 1.98 bits per heavy atom. The summed E-state index contributed by atoms with van der Waals surface area (Å²) in [4.78, 5) is 27.2. The number of pyridine rings is 2. The summed E-state index contributed by atoms with van der Waals surface area (Å²) in [5.74, 6) is -2.72. The van der Waals surface area contributed by atoms with Crippen LogP contribution in [-0.4, -0.2) is 79.5 Å². The summed E-state index contributed by atoms with van der Waals surface area (Å²) in [6, 6.07) is 4.01. The number of piperazine rings is 1. The van der Waals surface area contributed by atoms with Crippen molar-refractivity contribution in [1.29, 1.82) is 0 Å². The molecule has 2 aromatic heterocycles. The SMILES string of the molecule is CC(C)S(=O)(=O)c1ncccc1NC1=CC=NC(N)(c2cc([N+](=O)[O-])c(N3CCN(C)CC3)nc2OC(F)F)N1. The zero-order valence-electron chi connectivity index (χ0n) is 21.9. The molecule has 40 heavy (non-hydrogen) atoms. The molecule has 0 spiro atoms. The molecule has 4 rings (SSSR count). The number of nitrogens with two attached hydrogens (primary N) is 1. The molecule has 1 atom stereocenters. The third-order valence-corrected chi connectivity index (χ3v) is 8.44. The van der Waals surface area contributed by atoms with E-state index in [4.69, 9.17) is 5.73 Å². The highest BCUT2D eigenvalue weighted by Crippen LogP contribution is 2.38. The predicted octanol–water partition coefficient (Wildman–Crippen LogP) is 1.62. The van der Waals surface area contributed by atoms with Gasteiger partial charge in [-0.15, -0.1) is 0 Å². The highest BCUT2D eigenvalue weighted by molar-refractivity contribution is 7.92. The van der Waals surface area contributed by atoms with E-state index in [0.29, 0.717) is 26.2 Å². The van der Waals surface area contributed by atoms with Gasteiger partial charge < -0.3 is 25.2 Å². The van der Waals surface area contributed by atoms with Crippen molar-refractivity contribution in [3.63, 3.8) is 0 Å². The van der Waals surface area contributed by atoms with Gasteiger partial charge in [-0.3, -0.25) is 15.8 Å². The second-order valence-corrected chi connectivity index (χ2v) is 11.9. The van der Waals surface area contributed by atoms with Gasteiger partial charge in [0.15, 0.2) is 14.9 Å². The molecule has 0 bridgehead atoms. The molecule has 0 saturated carbocycles. The minimum absolute atomic E-state index is 0.111. The standard InChI is InChI=1S/C23H29F2N9O5S/c1-14(2)40(37,38)21-16(5-4-7-27-21)29-18-6-8-28-23(26,31-18)15-13-17(34(35)36)19(30-20(15)39-22(24)25)33-11-9-32(3)10-12-33/h4-8,13-14,22,29,31H,9-12,26H2,1-3H3. The highest BCUT2D eigenvalue weighted by atomic mass is 32.2. The van der Waals surface area contributed by atoms with Crippen LogP contribution in [0.25, 0.3) is 0 Å². The lowest BCUT2D eigenvalue weighted by molar-refractivity contribution is -0.384. The summed E-state index contributed by atoms with van der Waals surface area (Å²) < 4.78 is 57.2. The van der Waals surface area contributed by atoms with Gasteiger partial charge in [0.25, 0.3) is 0 Å². The highest BCUT2D eigenvalue weighted by Gasteiger charge is 2.38. The van der Waals surface area contributed by atoms with Crippen LogP contribution in [0.15, 0.2) is 46.3 Å². The number of alkyl halides is 2. The maximum Gasteiger partial charge on any atom is 0.388 e. The number of halogens is 2. The molecule has 4 N–H and O–H groups in total. The van der Waals surface area contributed by atoms with Crippen LogP contribution in [0.5, 0.6) is 5.88 Å². The molecule has 216 valence electrons. The monoisotopic (exact) mass is 581 g/mol. The predicted molar refractivity (Wildman–Crippen MR) is 143 cm³/mol. The molecule has 2 aliphatic rings. The summed E-state index contributed by atoms with van der Waals surface area (Å²) in [5.41, 5.74) is 5.77. The van der Waals surface area contributed by atoms with E-state index in [-0.39, 0.29) is 27.9 Å². The second-order valence-electron chi connectivity index (χ2n) is 9.43. The van der Waals surface area contributed by atoms with Crippen LogP contribution in [0.3, 0.4) is 0 Å². The maximum atomic E-state index is 13.5. The number of anilines is 2. The Morgan fingerprint density at radius 1 is 1.27 bits per heavy atom. The molecule has 14 nitrogen and oxygen atoms in total. The number of sulfone groups is 1. The molecule has 4 heterocycles. The van der Waals surface area contributed by atoms with E-state index in [1.807, 2.05) is 11.9 Å². The summed E-state index contributed by atoms with van der Waals surface area (Å²) >= 11 is 0. The van der Waals surface area contributed by atoms with Gasteiger partial charge in [-0.1, -0.05) is 0 Å². The van der Waals surface area contributed by atoms with E-state index in [1.54, 1.807) is 4.90 Å². The van der Waals surface area contributed by atoms with Crippen LogP contribution in [0.1, 0.15) is 19.4 Å². The first-order valence-electron chi connectivity index (χ1n) is 12.2. The van der Waals surface area contributed by atoms with E-state index in [1.165, 1.54) is 44.5 Å². The fourth-order valence-electron chi connectivity index (χ4n) is 4.11. The maximum absolute atomic E-state index is 13.5. The van der Waals surface area contributed by atoms with E-state index < -0.39 is 44.0 Å². The number of nitro groups is 1. The van der Waals surface area contributed by atoms with Crippen molar-refractivity contribution in [3.8, 4) is 5.88 Å². The molecular weight excluding hydrogens is 552 g/mol. The first kappa shape index (κ1) is 29.0. The van der Waals surface area contributed by atoms with Gasteiger partial charge in [0.1, 0.15) is 5.82 Å². The van der Waals surface area contributed by atoms with E-state index >= 15 is 0 Å². The summed E-state index contributed by atoms with van der Waals surface area (Å²) in [5, 5.41) is 16.7. The minimum atomic E-state index is -3.78.